The van der Waals surface area contributed by atoms with E-state index in [4.69, 9.17) is 5.73 Å². The van der Waals surface area contributed by atoms with Gasteiger partial charge in [-0.3, -0.25) is 4.79 Å². The van der Waals surface area contributed by atoms with Gasteiger partial charge < -0.3 is 16.0 Å². The minimum absolute atomic E-state index is 0.0179. The third-order valence-electron chi connectivity index (χ3n) is 4.20. The Bertz CT molecular complexity index is 611. The molecule has 0 saturated heterocycles. The summed E-state index contributed by atoms with van der Waals surface area (Å²) in [5.74, 6) is 0.0179. The van der Waals surface area contributed by atoms with Gasteiger partial charge in [-0.25, -0.2) is 0 Å². The molecule has 0 bridgehead atoms. The highest BCUT2D eigenvalue weighted by Gasteiger charge is 2.29. The molecule has 1 aliphatic carbocycles. The van der Waals surface area contributed by atoms with E-state index in [1.807, 2.05) is 30.5 Å². The summed E-state index contributed by atoms with van der Waals surface area (Å²) >= 11 is 0. The largest absolute Gasteiger partial charge is 0.361 e. The molecule has 1 heterocycles. The lowest BCUT2D eigenvalue weighted by Crippen LogP contribution is -2.44. The minimum Gasteiger partial charge on any atom is -0.361 e. The fourth-order valence-electron chi connectivity index (χ4n) is 3.09. The topological polar surface area (TPSA) is 70.9 Å². The number of aromatic nitrogens is 1. The van der Waals surface area contributed by atoms with Crippen molar-refractivity contribution in [2.75, 3.05) is 5.32 Å². The lowest BCUT2D eigenvalue weighted by atomic mass is 9.80. The molecule has 1 aliphatic rings. The molecule has 1 saturated carbocycles. The van der Waals surface area contributed by atoms with Crippen LogP contribution in [-0.4, -0.2) is 16.4 Å². The number of nitrogens with one attached hydrogen (secondary N) is 2. The summed E-state index contributed by atoms with van der Waals surface area (Å²) in [6, 6.07) is 7.87. The van der Waals surface area contributed by atoms with Gasteiger partial charge in [0.25, 0.3) is 0 Å². The summed E-state index contributed by atoms with van der Waals surface area (Å²) in [4.78, 5) is 15.3. The number of fused-ring (bicyclic) bond motifs is 1. The van der Waals surface area contributed by atoms with Gasteiger partial charge in [0.05, 0.1) is 0 Å². The van der Waals surface area contributed by atoms with E-state index in [2.05, 4.69) is 10.3 Å². The fourth-order valence-corrected chi connectivity index (χ4v) is 3.09. The maximum Gasteiger partial charge on any atom is 0.226 e. The molecule has 20 heavy (non-hydrogen) atoms. The maximum atomic E-state index is 12.2. The number of amides is 1. The molecular weight excluding hydrogens is 250 g/mol. The van der Waals surface area contributed by atoms with E-state index >= 15 is 0 Å². The number of carbonyl (C=O) groups is 1. The summed E-state index contributed by atoms with van der Waals surface area (Å²) in [5.41, 5.74) is 7.93. The predicted octanol–water partition coefficient (Wildman–Crippen LogP) is 3.16. The molecule has 0 aliphatic heterocycles. The number of H-pyrrole nitrogens is 1. The van der Waals surface area contributed by atoms with Crippen molar-refractivity contribution in [1.82, 2.24) is 4.98 Å². The van der Waals surface area contributed by atoms with E-state index in [0.717, 1.165) is 42.3 Å². The van der Waals surface area contributed by atoms with Gasteiger partial charge in [0.2, 0.25) is 5.91 Å². The van der Waals surface area contributed by atoms with Crippen LogP contribution in [0.5, 0.6) is 0 Å². The van der Waals surface area contributed by atoms with Gasteiger partial charge in [-0.15, -0.1) is 0 Å². The standard InChI is InChI=1S/C16H21N3O/c17-16(7-2-1-3-8-16)11-15(20)19-13-4-5-14-12(10-13)6-9-18-14/h4-6,9-10,18H,1-3,7-8,11,17H2,(H,19,20). The van der Waals surface area contributed by atoms with Crippen LogP contribution in [0.1, 0.15) is 38.5 Å². The Kier molecular flexibility index (Phi) is 3.49. The second kappa shape index (κ2) is 5.29. The molecule has 1 aromatic heterocycles. The second-order valence-corrected chi connectivity index (χ2v) is 5.93. The number of carbonyl (C=O) groups excluding carboxylic acids is 1. The van der Waals surface area contributed by atoms with Crippen LogP contribution in [0.2, 0.25) is 0 Å². The highest BCUT2D eigenvalue weighted by atomic mass is 16.1. The summed E-state index contributed by atoms with van der Waals surface area (Å²) in [6.07, 6.45) is 7.74. The maximum absolute atomic E-state index is 12.2. The molecule has 0 atom stereocenters. The van der Waals surface area contributed by atoms with Gasteiger partial charge in [-0.2, -0.15) is 0 Å². The van der Waals surface area contributed by atoms with Gasteiger partial charge in [0.15, 0.2) is 0 Å². The molecule has 0 spiro atoms. The molecule has 4 N–H and O–H groups in total. The SMILES string of the molecule is NC1(CC(=O)Nc2ccc3[nH]ccc3c2)CCCCC1. The van der Waals surface area contributed by atoms with Crippen LogP contribution in [-0.2, 0) is 4.79 Å². The van der Waals surface area contributed by atoms with Gasteiger partial charge >= 0.3 is 0 Å². The number of nitrogens with two attached hydrogens (primary N) is 1. The Hall–Kier alpha value is -1.81. The van der Waals surface area contributed by atoms with E-state index in [1.54, 1.807) is 0 Å². The van der Waals surface area contributed by atoms with Gasteiger partial charge in [-0.05, 0) is 37.1 Å². The van der Waals surface area contributed by atoms with Crippen molar-refractivity contribution in [1.29, 1.82) is 0 Å². The molecular formula is C16H21N3O. The Balaban J connectivity index is 1.65. The first kappa shape index (κ1) is 13.2. The summed E-state index contributed by atoms with van der Waals surface area (Å²) in [5, 5.41) is 4.06. The Morgan fingerprint density at radius 3 is 2.85 bits per heavy atom. The normalized spacial score (nSPS) is 18.1. The molecule has 4 nitrogen and oxygen atoms in total. The van der Waals surface area contributed by atoms with E-state index in [1.165, 1.54) is 6.42 Å². The smallest absolute Gasteiger partial charge is 0.226 e. The summed E-state index contributed by atoms with van der Waals surface area (Å²) in [7, 11) is 0. The quantitative estimate of drug-likeness (QED) is 0.802. The fraction of sp³-hybridized carbons (Fsp3) is 0.438. The number of hydrogen-bond donors (Lipinski definition) is 3. The molecule has 4 heteroatoms. The van der Waals surface area contributed by atoms with Gasteiger partial charge in [-0.1, -0.05) is 19.3 Å². The van der Waals surface area contributed by atoms with Crippen LogP contribution < -0.4 is 11.1 Å². The number of anilines is 1. The predicted molar refractivity (Wildman–Crippen MR) is 81.5 cm³/mol. The number of rotatable bonds is 3. The third kappa shape index (κ3) is 2.85. The van der Waals surface area contributed by atoms with E-state index in [-0.39, 0.29) is 11.4 Å². The first-order valence-electron chi connectivity index (χ1n) is 7.31. The number of hydrogen-bond acceptors (Lipinski definition) is 2. The highest BCUT2D eigenvalue weighted by molar-refractivity contribution is 5.94. The molecule has 1 amide bonds. The monoisotopic (exact) mass is 271 g/mol. The van der Waals surface area contributed by atoms with Crippen LogP contribution in [0.3, 0.4) is 0 Å². The van der Waals surface area contributed by atoms with Gasteiger partial charge in [0, 0.05) is 34.7 Å². The molecule has 0 radical (unpaired) electrons. The van der Waals surface area contributed by atoms with Crippen LogP contribution in [0.15, 0.2) is 30.5 Å². The molecule has 106 valence electrons. The average Bonchev–Trinajstić information content (AvgIpc) is 2.86. The molecule has 1 aromatic carbocycles. The van der Waals surface area contributed by atoms with E-state index in [0.29, 0.717) is 6.42 Å². The Morgan fingerprint density at radius 1 is 1.25 bits per heavy atom. The van der Waals surface area contributed by atoms with Crippen molar-refractivity contribution in [2.24, 2.45) is 5.73 Å². The minimum atomic E-state index is -0.305. The zero-order chi connectivity index (χ0) is 14.0. The molecule has 2 aromatic rings. The first-order chi connectivity index (χ1) is 9.65. The van der Waals surface area contributed by atoms with Crippen molar-refractivity contribution >= 4 is 22.5 Å². The number of benzene rings is 1. The second-order valence-electron chi connectivity index (χ2n) is 5.93. The lowest BCUT2D eigenvalue weighted by Gasteiger charge is -2.32. The van der Waals surface area contributed by atoms with Crippen molar-refractivity contribution < 1.29 is 4.79 Å². The van der Waals surface area contributed by atoms with Crippen molar-refractivity contribution in [3.8, 4) is 0 Å². The first-order valence-corrected chi connectivity index (χ1v) is 7.31. The van der Waals surface area contributed by atoms with Crippen molar-refractivity contribution in [3.63, 3.8) is 0 Å². The van der Waals surface area contributed by atoms with Gasteiger partial charge in [0.1, 0.15) is 0 Å². The zero-order valence-corrected chi connectivity index (χ0v) is 11.6. The summed E-state index contributed by atoms with van der Waals surface area (Å²) in [6.45, 7) is 0. The zero-order valence-electron chi connectivity index (χ0n) is 11.6. The van der Waals surface area contributed by atoms with Crippen LogP contribution in [0.4, 0.5) is 5.69 Å². The lowest BCUT2D eigenvalue weighted by molar-refractivity contribution is -0.117. The Labute approximate surface area is 118 Å². The summed E-state index contributed by atoms with van der Waals surface area (Å²) < 4.78 is 0. The van der Waals surface area contributed by atoms with Crippen molar-refractivity contribution in [2.45, 2.75) is 44.1 Å². The molecule has 0 unspecified atom stereocenters. The van der Waals surface area contributed by atoms with Crippen molar-refractivity contribution in [3.05, 3.63) is 30.5 Å². The third-order valence-corrected chi connectivity index (χ3v) is 4.20. The highest BCUT2D eigenvalue weighted by Crippen LogP contribution is 2.29. The van der Waals surface area contributed by atoms with Crippen LogP contribution >= 0.6 is 0 Å². The number of aromatic amines is 1. The Morgan fingerprint density at radius 2 is 2.05 bits per heavy atom. The molecule has 1 fully saturated rings. The van der Waals surface area contributed by atoms with Crippen LogP contribution in [0, 0.1) is 0 Å². The van der Waals surface area contributed by atoms with E-state index in [9.17, 15) is 4.79 Å². The average molecular weight is 271 g/mol. The van der Waals surface area contributed by atoms with E-state index < -0.39 is 0 Å². The van der Waals surface area contributed by atoms with Crippen LogP contribution in [0.25, 0.3) is 10.9 Å². The molecule has 3 rings (SSSR count).